The van der Waals surface area contributed by atoms with Crippen molar-refractivity contribution in [1.29, 1.82) is 0 Å². The molecule has 2 heterocycles. The van der Waals surface area contributed by atoms with Crippen molar-refractivity contribution >= 4 is 22.4 Å². The summed E-state index contributed by atoms with van der Waals surface area (Å²) < 4.78 is 2.16. The van der Waals surface area contributed by atoms with Crippen molar-refractivity contribution in [2.24, 2.45) is 0 Å². The Labute approximate surface area is 132 Å². The van der Waals surface area contributed by atoms with Crippen LogP contribution in [0.4, 0.5) is 5.69 Å². The molecule has 0 saturated carbocycles. The zero-order chi connectivity index (χ0) is 16.8. The number of nitro benzene ring substituents is 1. The van der Waals surface area contributed by atoms with Crippen LogP contribution in [0.5, 0.6) is 0 Å². The van der Waals surface area contributed by atoms with Gasteiger partial charge < -0.3 is 4.98 Å². The molecule has 0 aliphatic heterocycles. The summed E-state index contributed by atoms with van der Waals surface area (Å²) in [6, 6.07) is 12.8. The van der Waals surface area contributed by atoms with Crippen LogP contribution in [0.15, 0.2) is 58.1 Å². The molecule has 4 rings (SSSR count). The number of non-ortho nitro benzene ring substituents is 1. The van der Waals surface area contributed by atoms with Crippen LogP contribution in [0.25, 0.3) is 22.4 Å². The van der Waals surface area contributed by atoms with Crippen LogP contribution in [0.3, 0.4) is 0 Å². The van der Waals surface area contributed by atoms with Gasteiger partial charge in [-0.3, -0.25) is 14.9 Å². The first kappa shape index (κ1) is 13.9. The lowest BCUT2D eigenvalue weighted by molar-refractivity contribution is -0.383. The molecule has 0 aliphatic carbocycles. The van der Waals surface area contributed by atoms with E-state index in [0.29, 0.717) is 5.69 Å². The fraction of sp³-hybridized carbons (Fsp3) is 0. The molecular formula is C15H9N5O4. The Kier molecular flexibility index (Phi) is 2.82. The minimum Gasteiger partial charge on any atom is -0.312 e. The Bertz CT molecular complexity index is 1220. The quantitative estimate of drug-likeness (QED) is 0.440. The van der Waals surface area contributed by atoms with Crippen molar-refractivity contribution in [2.45, 2.75) is 0 Å². The lowest BCUT2D eigenvalue weighted by atomic mass is 10.2. The highest BCUT2D eigenvalue weighted by Gasteiger charge is 2.19. The molecule has 0 amide bonds. The SMILES string of the molecule is O=c1[nH]c2c([N+](=O)[O-])cccc2n2c(=O)n(-c3ccccc3)nc12. The van der Waals surface area contributed by atoms with E-state index in [0.717, 1.165) is 9.08 Å². The predicted octanol–water partition coefficient (Wildman–Crippen LogP) is 1.23. The molecule has 0 radical (unpaired) electrons. The third-order valence-corrected chi connectivity index (χ3v) is 3.68. The summed E-state index contributed by atoms with van der Waals surface area (Å²) in [6.45, 7) is 0. The number of H-pyrrole nitrogens is 1. The molecule has 0 aliphatic rings. The number of fused-ring (bicyclic) bond motifs is 3. The molecule has 1 N–H and O–H groups in total. The van der Waals surface area contributed by atoms with Gasteiger partial charge in [0.2, 0.25) is 5.65 Å². The topological polar surface area (TPSA) is 115 Å². The second-order valence-corrected chi connectivity index (χ2v) is 5.07. The monoisotopic (exact) mass is 323 g/mol. The van der Waals surface area contributed by atoms with E-state index in [4.69, 9.17) is 0 Å². The summed E-state index contributed by atoms with van der Waals surface area (Å²) in [6.07, 6.45) is 0. The lowest BCUT2D eigenvalue weighted by Crippen LogP contribution is -2.21. The molecule has 0 bridgehead atoms. The largest absolute Gasteiger partial charge is 0.355 e. The zero-order valence-electron chi connectivity index (χ0n) is 12.0. The maximum absolute atomic E-state index is 12.7. The van der Waals surface area contributed by atoms with Crippen LogP contribution >= 0.6 is 0 Å². The van der Waals surface area contributed by atoms with Crippen LogP contribution in [-0.2, 0) is 0 Å². The van der Waals surface area contributed by atoms with Crippen LogP contribution in [0, 0.1) is 10.1 Å². The van der Waals surface area contributed by atoms with E-state index in [1.165, 1.54) is 18.2 Å². The molecule has 2 aromatic carbocycles. The highest BCUT2D eigenvalue weighted by molar-refractivity contribution is 5.85. The van der Waals surface area contributed by atoms with Gasteiger partial charge in [0.25, 0.3) is 11.2 Å². The molecule has 0 atom stereocenters. The number of benzene rings is 2. The van der Waals surface area contributed by atoms with Gasteiger partial charge in [0.05, 0.1) is 16.1 Å². The van der Waals surface area contributed by atoms with Gasteiger partial charge in [-0.15, -0.1) is 5.10 Å². The minimum absolute atomic E-state index is 0.0188. The molecule has 0 fully saturated rings. The Balaban J connectivity index is 2.20. The highest BCUT2D eigenvalue weighted by Crippen LogP contribution is 2.21. The third kappa shape index (κ3) is 1.85. The Morgan fingerprint density at radius 2 is 1.79 bits per heavy atom. The smallest absolute Gasteiger partial charge is 0.312 e. The average Bonchev–Trinajstić information content (AvgIpc) is 2.94. The summed E-state index contributed by atoms with van der Waals surface area (Å²) in [5.74, 6) is 0. The van der Waals surface area contributed by atoms with Crippen molar-refractivity contribution < 1.29 is 4.92 Å². The Hall–Kier alpha value is -3.75. The molecule has 0 spiro atoms. The van der Waals surface area contributed by atoms with Gasteiger partial charge >= 0.3 is 5.69 Å². The first-order chi connectivity index (χ1) is 11.6. The van der Waals surface area contributed by atoms with E-state index >= 15 is 0 Å². The summed E-state index contributed by atoms with van der Waals surface area (Å²) >= 11 is 0. The van der Waals surface area contributed by atoms with Gasteiger partial charge in [-0.25, -0.2) is 9.20 Å². The molecule has 9 heteroatoms. The lowest BCUT2D eigenvalue weighted by Gasteiger charge is -2.00. The molecule has 24 heavy (non-hydrogen) atoms. The third-order valence-electron chi connectivity index (χ3n) is 3.68. The van der Waals surface area contributed by atoms with E-state index in [1.807, 2.05) is 0 Å². The van der Waals surface area contributed by atoms with Crippen molar-refractivity contribution in [3.63, 3.8) is 0 Å². The van der Waals surface area contributed by atoms with Gasteiger partial charge in [-0.05, 0) is 18.2 Å². The number of rotatable bonds is 2. The summed E-state index contributed by atoms with van der Waals surface area (Å²) in [5.41, 5.74) is -0.982. The first-order valence-corrected chi connectivity index (χ1v) is 6.94. The number of hydrogen-bond acceptors (Lipinski definition) is 5. The molecule has 2 aromatic heterocycles. The second kappa shape index (κ2) is 4.88. The van der Waals surface area contributed by atoms with Crippen LogP contribution in [0.2, 0.25) is 0 Å². The maximum atomic E-state index is 12.7. The van der Waals surface area contributed by atoms with Crippen LogP contribution in [0.1, 0.15) is 0 Å². The standard InChI is InChI=1S/C15H9N5O4/c21-14-13-17-19(9-5-2-1-3-6-9)15(22)18(13)10-7-4-8-11(20(23)24)12(10)16-14/h1-8H,(H,16,21). The normalized spacial score (nSPS) is 11.2. The van der Waals surface area contributed by atoms with Gasteiger partial charge in [0, 0.05) is 6.07 Å². The highest BCUT2D eigenvalue weighted by atomic mass is 16.6. The van der Waals surface area contributed by atoms with E-state index < -0.39 is 16.2 Å². The predicted molar refractivity (Wildman–Crippen MR) is 85.6 cm³/mol. The summed E-state index contributed by atoms with van der Waals surface area (Å²) in [7, 11) is 0. The molecular weight excluding hydrogens is 314 g/mol. The molecule has 118 valence electrons. The van der Waals surface area contributed by atoms with Crippen molar-refractivity contribution in [2.75, 3.05) is 0 Å². The zero-order valence-corrected chi connectivity index (χ0v) is 12.0. The Morgan fingerprint density at radius 3 is 2.50 bits per heavy atom. The number of nitrogens with zero attached hydrogens (tertiary/aromatic N) is 4. The van der Waals surface area contributed by atoms with E-state index in [2.05, 4.69) is 10.1 Å². The van der Waals surface area contributed by atoms with Gasteiger partial charge in [-0.2, -0.15) is 4.68 Å². The van der Waals surface area contributed by atoms with Crippen molar-refractivity contribution in [1.82, 2.24) is 19.2 Å². The van der Waals surface area contributed by atoms with E-state index in [9.17, 15) is 19.7 Å². The molecule has 0 saturated heterocycles. The fourth-order valence-corrected chi connectivity index (χ4v) is 2.63. The van der Waals surface area contributed by atoms with E-state index in [-0.39, 0.29) is 22.4 Å². The van der Waals surface area contributed by atoms with Crippen molar-refractivity contribution in [3.8, 4) is 5.69 Å². The minimum atomic E-state index is -0.677. The van der Waals surface area contributed by atoms with Crippen LogP contribution in [-0.4, -0.2) is 24.1 Å². The molecule has 9 nitrogen and oxygen atoms in total. The second-order valence-electron chi connectivity index (χ2n) is 5.07. The van der Waals surface area contributed by atoms with Gasteiger partial charge in [0.15, 0.2) is 0 Å². The number of nitro groups is 1. The number of para-hydroxylation sites is 2. The summed E-state index contributed by atoms with van der Waals surface area (Å²) in [5, 5.41) is 15.2. The fourth-order valence-electron chi connectivity index (χ4n) is 2.63. The number of aromatic amines is 1. The van der Waals surface area contributed by atoms with Gasteiger partial charge in [-0.1, -0.05) is 24.3 Å². The number of aromatic nitrogens is 4. The van der Waals surface area contributed by atoms with Gasteiger partial charge in [0.1, 0.15) is 5.52 Å². The molecule has 0 unspecified atom stereocenters. The van der Waals surface area contributed by atoms with Crippen LogP contribution < -0.4 is 11.2 Å². The van der Waals surface area contributed by atoms with E-state index in [1.54, 1.807) is 30.3 Å². The Morgan fingerprint density at radius 1 is 1.04 bits per heavy atom. The van der Waals surface area contributed by atoms with Crippen molar-refractivity contribution in [3.05, 3.63) is 79.5 Å². The maximum Gasteiger partial charge on any atom is 0.355 e. The first-order valence-electron chi connectivity index (χ1n) is 6.94. The number of nitrogens with one attached hydrogen (secondary N) is 1. The average molecular weight is 323 g/mol. The summed E-state index contributed by atoms with van der Waals surface area (Å²) in [4.78, 5) is 37.9. The molecule has 4 aromatic rings. The number of hydrogen-bond donors (Lipinski definition) is 1.